The van der Waals surface area contributed by atoms with Gasteiger partial charge in [0.2, 0.25) is 0 Å². The van der Waals surface area contributed by atoms with E-state index in [4.69, 9.17) is 0 Å². The Morgan fingerprint density at radius 1 is 0.322 bits per heavy atom. The molecule has 2 aliphatic carbocycles. The van der Waals surface area contributed by atoms with Crippen molar-refractivity contribution in [3.05, 3.63) is 344 Å². The van der Waals surface area contributed by atoms with Crippen molar-refractivity contribution in [3.63, 3.8) is 0 Å². The van der Waals surface area contributed by atoms with E-state index in [2.05, 4.69) is 355 Å². The number of nitrogens with zero attached hydrogens (tertiary/aromatic N) is 2. The average Bonchev–Trinajstić information content (AvgIpc) is 1.72. The summed E-state index contributed by atoms with van der Waals surface area (Å²) in [5.41, 5.74) is 26.9. The topological polar surface area (TPSA) is 6.48 Å². The third-order valence-corrected chi connectivity index (χ3v) is 17.0. The molecule has 0 saturated carbocycles. The molecule has 0 unspecified atom stereocenters. The Hall–Kier alpha value is -10.0. The molecule has 0 heterocycles. The van der Waals surface area contributed by atoms with E-state index in [-0.39, 0.29) is 10.8 Å². The summed E-state index contributed by atoms with van der Waals surface area (Å²) in [4.78, 5) is 4.73. The van der Waals surface area contributed by atoms with Gasteiger partial charge in [0.15, 0.2) is 0 Å². The van der Waals surface area contributed by atoms with Gasteiger partial charge in [-0.15, -0.1) is 0 Å². The van der Waals surface area contributed by atoms with Gasteiger partial charge in [-0.3, -0.25) is 0 Å². The monoisotopic (exact) mass is 1170 g/mol. The fourth-order valence-corrected chi connectivity index (χ4v) is 12.2. The number of allylic oxidation sites excluding steroid dienone is 7. The predicted octanol–water partition coefficient (Wildman–Crippen LogP) is 26.1. The van der Waals surface area contributed by atoms with Gasteiger partial charge >= 0.3 is 0 Å². The largest absolute Gasteiger partial charge is 0.311 e. The summed E-state index contributed by atoms with van der Waals surface area (Å²) >= 11 is 0. The smallest absolute Gasteiger partial charge is 0.0468 e. The Bertz CT molecular complexity index is 4080. The van der Waals surface area contributed by atoms with E-state index < -0.39 is 0 Å². The highest BCUT2D eigenvalue weighted by Crippen LogP contribution is 2.51. The van der Waals surface area contributed by atoms with Crippen LogP contribution in [0.5, 0.6) is 0 Å². The normalized spacial score (nSPS) is 13.2. The van der Waals surface area contributed by atoms with Gasteiger partial charge in [0.05, 0.1) is 0 Å². The van der Waals surface area contributed by atoms with E-state index >= 15 is 0 Å². The number of anilines is 6. The molecule has 2 nitrogen and oxygen atoms in total. The fourth-order valence-electron chi connectivity index (χ4n) is 12.2. The minimum atomic E-state index is -0.0547. The molecule has 0 atom stereocenters. The van der Waals surface area contributed by atoms with Crippen molar-refractivity contribution in [3.8, 4) is 55.6 Å². The third kappa shape index (κ3) is 14.1. The third-order valence-electron chi connectivity index (χ3n) is 17.0. The molecule has 2 heteroatoms. The lowest BCUT2D eigenvalue weighted by Gasteiger charge is -2.27. The zero-order chi connectivity index (χ0) is 63.6. The number of hydrogen-bond donors (Lipinski definition) is 0. The van der Waals surface area contributed by atoms with Crippen molar-refractivity contribution < 1.29 is 0 Å². The van der Waals surface area contributed by atoms with Crippen LogP contribution in [0, 0.1) is 0 Å². The molecule has 0 aromatic heterocycles. The van der Waals surface area contributed by atoms with Crippen LogP contribution in [0.15, 0.2) is 322 Å². The molecule has 90 heavy (non-hydrogen) atoms. The highest BCUT2D eigenvalue weighted by molar-refractivity contribution is 5.90. The Balaban J connectivity index is 0.000000323. The number of benzene rings is 11. The van der Waals surface area contributed by atoms with Crippen molar-refractivity contribution in [2.24, 2.45) is 0 Å². The van der Waals surface area contributed by atoms with Crippen molar-refractivity contribution in [2.45, 2.75) is 93.4 Å². The Kier molecular flexibility index (Phi) is 21.7. The summed E-state index contributed by atoms with van der Waals surface area (Å²) in [6.45, 7) is 27.6. The SMILES string of the molecule is C/C=C\C=C/CC.C=C1/C(=C\C)c2ccccc2C1(C)C.CC.CC.CC1(C)c2ccccc2-c2cc(N(c3ccc(-c4ccccc4)cc3)c3ccc(-c4ccc(N(c5ccc(-c6ccccc6)cc5)c5ccc(-c6ccccc6)cc5)cc4)cc3)ccc21. The van der Waals surface area contributed by atoms with Crippen LogP contribution in [0.1, 0.15) is 105 Å². The standard InChI is InChI=1S/C63H48N2.C14H16.C7H12.2C2H6/c1-63(2)61-21-13-12-20-59(61)60-44-58(42-43-62(60)63)65(56-38-26-50(27-39-56)47-18-10-5-11-19-47)57-40-30-52(31-41-57)51-28-36-55(37-29-51)64(53-32-22-48(23-33-53)45-14-6-3-7-15-45)54-34-24-49(25-35-54)46-16-8-4-9-17-46;1-5-11-10(2)14(3,4)13-9-7-6-8-12(11)13;1-3-5-7-6-4-2;2*1-2/h3-44H,1-2H3;5-9H,2H2,1,3-4H3;3,5-7H,4H2,1-2H3;2*1-2H3/b;11-5+;5-3-,7-6-;;. The van der Waals surface area contributed by atoms with Crippen molar-refractivity contribution in [2.75, 3.05) is 9.80 Å². The molecular weight excluding hydrogens is 1080 g/mol. The molecule has 13 rings (SSSR count). The van der Waals surface area contributed by atoms with E-state index in [9.17, 15) is 0 Å². The van der Waals surface area contributed by atoms with Crippen LogP contribution in [0.4, 0.5) is 34.1 Å². The number of fused-ring (bicyclic) bond motifs is 4. The molecule has 0 aliphatic heterocycles. The van der Waals surface area contributed by atoms with Gasteiger partial charge in [-0.25, -0.2) is 0 Å². The van der Waals surface area contributed by atoms with Gasteiger partial charge in [-0.2, -0.15) is 0 Å². The van der Waals surface area contributed by atoms with Crippen molar-refractivity contribution in [1.29, 1.82) is 0 Å². The summed E-state index contributed by atoms with van der Waals surface area (Å²) in [7, 11) is 0. The molecule has 0 radical (unpaired) electrons. The first-order valence-corrected chi connectivity index (χ1v) is 32.2. The van der Waals surface area contributed by atoms with E-state index in [0.717, 1.165) is 51.7 Å². The summed E-state index contributed by atoms with van der Waals surface area (Å²) < 4.78 is 0. The summed E-state index contributed by atoms with van der Waals surface area (Å²) in [5, 5.41) is 0. The lowest BCUT2D eigenvalue weighted by molar-refractivity contribution is 0.660. The highest BCUT2D eigenvalue weighted by atomic mass is 15.1. The Morgan fingerprint density at radius 2 is 0.622 bits per heavy atom. The van der Waals surface area contributed by atoms with Crippen LogP contribution >= 0.6 is 0 Å². The maximum atomic E-state index is 4.21. The molecule has 0 spiro atoms. The van der Waals surface area contributed by atoms with Crippen LogP contribution in [0.3, 0.4) is 0 Å². The summed E-state index contributed by atoms with van der Waals surface area (Å²) in [5.74, 6) is 0. The van der Waals surface area contributed by atoms with E-state index in [1.807, 2.05) is 46.8 Å². The molecule has 0 saturated heterocycles. The zero-order valence-electron chi connectivity index (χ0n) is 54.8. The van der Waals surface area contributed by atoms with Crippen LogP contribution in [-0.4, -0.2) is 0 Å². The average molecular weight is 1170 g/mol. The van der Waals surface area contributed by atoms with E-state index in [0.29, 0.717) is 0 Å². The first-order valence-electron chi connectivity index (χ1n) is 32.2. The van der Waals surface area contributed by atoms with Crippen LogP contribution in [0.2, 0.25) is 0 Å². The molecule has 2 aliphatic rings. The minimum absolute atomic E-state index is 0.0547. The molecule has 0 bridgehead atoms. The molecule has 0 fully saturated rings. The second-order valence-corrected chi connectivity index (χ2v) is 23.1. The second kappa shape index (κ2) is 30.3. The summed E-state index contributed by atoms with van der Waals surface area (Å²) in [6, 6.07) is 101. The Labute approximate surface area is 539 Å². The molecule has 11 aromatic carbocycles. The second-order valence-electron chi connectivity index (χ2n) is 23.1. The maximum Gasteiger partial charge on any atom is 0.0468 e. The molecule has 0 N–H and O–H groups in total. The van der Waals surface area contributed by atoms with Gasteiger partial charge < -0.3 is 9.80 Å². The Morgan fingerprint density at radius 3 is 0.978 bits per heavy atom. The molecule has 0 amide bonds. The lowest BCUT2D eigenvalue weighted by Crippen LogP contribution is -2.15. The van der Waals surface area contributed by atoms with Crippen molar-refractivity contribution in [1.82, 2.24) is 0 Å². The molecular formula is C88H88N2. The van der Waals surface area contributed by atoms with E-state index in [1.165, 1.54) is 77.9 Å². The first kappa shape index (κ1) is 64.5. The molecule has 11 aromatic rings. The molecule has 450 valence electrons. The van der Waals surface area contributed by atoms with Gasteiger partial charge in [-0.1, -0.05) is 306 Å². The fraction of sp³-hybridized carbons (Fsp3) is 0.159. The predicted molar refractivity (Wildman–Crippen MR) is 394 cm³/mol. The van der Waals surface area contributed by atoms with Gasteiger partial charge in [0.1, 0.15) is 0 Å². The van der Waals surface area contributed by atoms with Crippen LogP contribution in [0.25, 0.3) is 61.2 Å². The highest BCUT2D eigenvalue weighted by Gasteiger charge is 2.37. The minimum Gasteiger partial charge on any atom is -0.311 e. The first-order chi connectivity index (χ1) is 44.0. The number of rotatable bonds is 12. The van der Waals surface area contributed by atoms with E-state index in [1.54, 1.807) is 0 Å². The lowest BCUT2D eigenvalue weighted by atomic mass is 9.82. The quantitative estimate of drug-likeness (QED) is 0.113. The van der Waals surface area contributed by atoms with Gasteiger partial charge in [0.25, 0.3) is 0 Å². The van der Waals surface area contributed by atoms with Gasteiger partial charge in [-0.05, 0) is 182 Å². The maximum absolute atomic E-state index is 4.21. The van der Waals surface area contributed by atoms with Crippen molar-refractivity contribution >= 4 is 39.7 Å². The van der Waals surface area contributed by atoms with Crippen LogP contribution in [-0.2, 0) is 10.8 Å². The summed E-state index contributed by atoms with van der Waals surface area (Å²) in [6.07, 6.45) is 11.5. The number of hydrogen-bond acceptors (Lipinski definition) is 2. The van der Waals surface area contributed by atoms with Crippen LogP contribution < -0.4 is 9.80 Å². The zero-order valence-corrected chi connectivity index (χ0v) is 54.8. The van der Waals surface area contributed by atoms with Gasteiger partial charge in [0, 0.05) is 45.0 Å².